The van der Waals surface area contributed by atoms with Crippen molar-refractivity contribution in [3.63, 3.8) is 0 Å². The van der Waals surface area contributed by atoms with E-state index in [2.05, 4.69) is 33.8 Å². The first-order valence-electron chi connectivity index (χ1n) is 10.2. The molecule has 2 aromatic rings. The Balaban J connectivity index is 1.68. The van der Waals surface area contributed by atoms with E-state index >= 15 is 0 Å². The number of para-hydroxylation sites is 1. The molecule has 1 saturated heterocycles. The Labute approximate surface area is 178 Å². The average molecular weight is 416 g/mol. The van der Waals surface area contributed by atoms with Crippen LogP contribution in [0.3, 0.4) is 0 Å². The normalized spacial score (nSPS) is 16.3. The molecular weight excluding hydrogens is 386 g/mol. The minimum absolute atomic E-state index is 0.0720. The molecule has 0 unspecified atom stereocenters. The third kappa shape index (κ3) is 5.43. The second-order valence-corrected chi connectivity index (χ2v) is 7.60. The van der Waals surface area contributed by atoms with Crippen LogP contribution in [0.15, 0.2) is 53.5 Å². The standard InChI is InChI=1S/C23H30ClN3O2/c1-3-29-21-11-7-4-8-18(21)16-26-22(25-2)27-17-23(12-14-28-15-13-23)19-9-5-6-10-20(19)24/h4-11H,3,12-17H2,1-2H3,(H2,25,26,27). The van der Waals surface area contributed by atoms with E-state index in [1.807, 2.05) is 37.3 Å². The van der Waals surface area contributed by atoms with Gasteiger partial charge < -0.3 is 20.1 Å². The average Bonchev–Trinajstić information content (AvgIpc) is 2.76. The van der Waals surface area contributed by atoms with Gasteiger partial charge in [-0.05, 0) is 37.5 Å². The molecule has 1 aliphatic heterocycles. The summed E-state index contributed by atoms with van der Waals surface area (Å²) in [6.45, 7) is 5.49. The number of halogens is 1. The summed E-state index contributed by atoms with van der Waals surface area (Å²) >= 11 is 6.56. The van der Waals surface area contributed by atoms with E-state index < -0.39 is 0 Å². The molecular formula is C23H30ClN3O2. The van der Waals surface area contributed by atoms with Crippen LogP contribution in [0.2, 0.25) is 5.02 Å². The van der Waals surface area contributed by atoms with Crippen LogP contribution in [0.1, 0.15) is 30.9 Å². The summed E-state index contributed by atoms with van der Waals surface area (Å²) < 4.78 is 11.3. The summed E-state index contributed by atoms with van der Waals surface area (Å²) in [6.07, 6.45) is 1.85. The second-order valence-electron chi connectivity index (χ2n) is 7.19. The lowest BCUT2D eigenvalue weighted by atomic mass is 9.74. The zero-order chi connectivity index (χ0) is 20.5. The predicted octanol–water partition coefficient (Wildman–Crippen LogP) is 4.15. The lowest BCUT2D eigenvalue weighted by Gasteiger charge is -2.38. The molecule has 6 heteroatoms. The topological polar surface area (TPSA) is 54.9 Å². The molecule has 0 atom stereocenters. The van der Waals surface area contributed by atoms with Crippen molar-refractivity contribution in [2.24, 2.45) is 4.99 Å². The Bertz CT molecular complexity index is 819. The van der Waals surface area contributed by atoms with Crippen molar-refractivity contribution < 1.29 is 9.47 Å². The molecule has 156 valence electrons. The van der Waals surface area contributed by atoms with E-state index in [9.17, 15) is 0 Å². The summed E-state index contributed by atoms with van der Waals surface area (Å²) in [6, 6.07) is 16.2. The Morgan fingerprint density at radius 1 is 1.10 bits per heavy atom. The molecule has 0 amide bonds. The molecule has 0 spiro atoms. The Hall–Kier alpha value is -2.24. The summed E-state index contributed by atoms with van der Waals surface area (Å²) in [5.41, 5.74) is 2.20. The van der Waals surface area contributed by atoms with Gasteiger partial charge in [-0.15, -0.1) is 0 Å². The highest BCUT2D eigenvalue weighted by molar-refractivity contribution is 6.31. The van der Waals surface area contributed by atoms with Crippen molar-refractivity contribution in [3.8, 4) is 5.75 Å². The van der Waals surface area contributed by atoms with Crippen LogP contribution in [0.5, 0.6) is 5.75 Å². The van der Waals surface area contributed by atoms with Crippen LogP contribution in [0.25, 0.3) is 0 Å². The largest absolute Gasteiger partial charge is 0.494 e. The van der Waals surface area contributed by atoms with Crippen molar-refractivity contribution in [3.05, 3.63) is 64.7 Å². The van der Waals surface area contributed by atoms with Crippen LogP contribution >= 0.6 is 11.6 Å². The molecule has 1 heterocycles. The third-order valence-corrected chi connectivity index (χ3v) is 5.76. The maximum atomic E-state index is 6.56. The minimum atomic E-state index is -0.0720. The lowest BCUT2D eigenvalue weighted by Crippen LogP contribution is -2.48. The zero-order valence-electron chi connectivity index (χ0n) is 17.2. The smallest absolute Gasteiger partial charge is 0.191 e. The van der Waals surface area contributed by atoms with Crippen molar-refractivity contribution >= 4 is 17.6 Å². The molecule has 0 aromatic heterocycles. The maximum Gasteiger partial charge on any atom is 0.191 e. The van der Waals surface area contributed by atoms with Crippen LogP contribution in [-0.4, -0.2) is 39.4 Å². The number of hydrogen-bond acceptors (Lipinski definition) is 3. The molecule has 0 saturated carbocycles. The van der Waals surface area contributed by atoms with Gasteiger partial charge in [0.05, 0.1) is 6.61 Å². The fourth-order valence-corrected chi connectivity index (χ4v) is 4.13. The molecule has 29 heavy (non-hydrogen) atoms. The zero-order valence-corrected chi connectivity index (χ0v) is 18.0. The maximum absolute atomic E-state index is 6.56. The molecule has 2 N–H and O–H groups in total. The molecule has 0 aliphatic carbocycles. The molecule has 3 rings (SSSR count). The van der Waals surface area contributed by atoms with E-state index in [4.69, 9.17) is 21.1 Å². The summed E-state index contributed by atoms with van der Waals surface area (Å²) in [5.74, 6) is 1.66. The summed E-state index contributed by atoms with van der Waals surface area (Å²) in [7, 11) is 1.79. The molecule has 1 aliphatic rings. The van der Waals surface area contributed by atoms with Gasteiger partial charge in [-0.1, -0.05) is 48.0 Å². The lowest BCUT2D eigenvalue weighted by molar-refractivity contribution is 0.0514. The quantitative estimate of drug-likeness (QED) is 0.526. The molecule has 0 radical (unpaired) electrons. The van der Waals surface area contributed by atoms with E-state index in [-0.39, 0.29) is 5.41 Å². The van der Waals surface area contributed by atoms with Crippen molar-refractivity contribution in [1.29, 1.82) is 0 Å². The molecule has 2 aromatic carbocycles. The van der Waals surface area contributed by atoms with Crippen LogP contribution in [0.4, 0.5) is 0 Å². The van der Waals surface area contributed by atoms with Crippen LogP contribution in [-0.2, 0) is 16.7 Å². The second kappa shape index (κ2) is 10.5. The van der Waals surface area contributed by atoms with E-state index in [1.54, 1.807) is 7.05 Å². The number of aliphatic imine (C=N–C) groups is 1. The number of benzene rings is 2. The van der Waals surface area contributed by atoms with Gasteiger partial charge in [0.1, 0.15) is 5.75 Å². The SMILES string of the molecule is CCOc1ccccc1CNC(=NC)NCC1(c2ccccc2Cl)CCOCC1. The van der Waals surface area contributed by atoms with Crippen molar-refractivity contribution in [2.45, 2.75) is 31.7 Å². The first-order chi connectivity index (χ1) is 14.2. The Kier molecular flexibility index (Phi) is 7.78. The number of hydrogen-bond donors (Lipinski definition) is 2. The highest BCUT2D eigenvalue weighted by Crippen LogP contribution is 2.38. The molecule has 1 fully saturated rings. The monoisotopic (exact) mass is 415 g/mol. The number of nitrogens with zero attached hydrogens (tertiary/aromatic N) is 1. The molecule has 0 bridgehead atoms. The van der Waals surface area contributed by atoms with Crippen LogP contribution < -0.4 is 15.4 Å². The number of rotatable bonds is 7. The summed E-state index contributed by atoms with van der Waals surface area (Å²) in [5, 5.41) is 7.72. The van der Waals surface area contributed by atoms with Gasteiger partial charge in [0.25, 0.3) is 0 Å². The van der Waals surface area contributed by atoms with E-state index in [0.717, 1.165) is 54.9 Å². The van der Waals surface area contributed by atoms with Crippen LogP contribution in [0, 0.1) is 0 Å². The van der Waals surface area contributed by atoms with Gasteiger partial charge in [0.2, 0.25) is 0 Å². The third-order valence-electron chi connectivity index (χ3n) is 5.43. The Morgan fingerprint density at radius 2 is 1.83 bits per heavy atom. The first kappa shape index (κ1) is 21.5. The molecule has 5 nitrogen and oxygen atoms in total. The van der Waals surface area contributed by atoms with Gasteiger partial charge >= 0.3 is 0 Å². The Morgan fingerprint density at radius 3 is 2.55 bits per heavy atom. The van der Waals surface area contributed by atoms with E-state index in [1.165, 1.54) is 5.56 Å². The van der Waals surface area contributed by atoms with Gasteiger partial charge in [-0.2, -0.15) is 0 Å². The highest BCUT2D eigenvalue weighted by atomic mass is 35.5. The minimum Gasteiger partial charge on any atom is -0.494 e. The summed E-state index contributed by atoms with van der Waals surface area (Å²) in [4.78, 5) is 4.40. The van der Waals surface area contributed by atoms with Gasteiger partial charge in [0.15, 0.2) is 5.96 Å². The number of nitrogens with one attached hydrogen (secondary N) is 2. The van der Waals surface area contributed by atoms with Gasteiger partial charge in [-0.25, -0.2) is 0 Å². The highest BCUT2D eigenvalue weighted by Gasteiger charge is 2.36. The predicted molar refractivity (Wildman–Crippen MR) is 119 cm³/mol. The number of guanidine groups is 1. The van der Waals surface area contributed by atoms with Crippen molar-refractivity contribution in [2.75, 3.05) is 33.4 Å². The van der Waals surface area contributed by atoms with Crippen molar-refractivity contribution in [1.82, 2.24) is 10.6 Å². The van der Waals surface area contributed by atoms with E-state index in [0.29, 0.717) is 13.2 Å². The number of ether oxygens (including phenoxy) is 2. The first-order valence-corrected chi connectivity index (χ1v) is 10.5. The van der Waals surface area contributed by atoms with Gasteiger partial charge in [-0.3, -0.25) is 4.99 Å². The fourth-order valence-electron chi connectivity index (χ4n) is 3.79. The fraction of sp³-hybridized carbons (Fsp3) is 0.435. The van der Waals surface area contributed by atoms with Gasteiger partial charge in [0, 0.05) is 49.4 Å².